The second-order valence-electron chi connectivity index (χ2n) is 14.5. The van der Waals surface area contributed by atoms with Gasteiger partial charge in [-0.1, -0.05) is 58.4 Å². The lowest BCUT2D eigenvalue weighted by atomic mass is 9.67. The fourth-order valence-electron chi connectivity index (χ4n) is 6.16. The summed E-state index contributed by atoms with van der Waals surface area (Å²) in [6.07, 6.45) is 3.85. The van der Waals surface area contributed by atoms with E-state index in [2.05, 4.69) is 21.3 Å². The Labute approximate surface area is 249 Å². The Hall–Kier alpha value is -3.43. The van der Waals surface area contributed by atoms with Gasteiger partial charge < -0.3 is 26.2 Å². The number of ketones is 1. The van der Waals surface area contributed by atoms with Gasteiger partial charge in [-0.3, -0.25) is 19.2 Å². The number of hydrogen-bond donors (Lipinski definition) is 4. The number of carbonyl (C=O) groups excluding carboxylic acids is 5. The second-order valence-corrected chi connectivity index (χ2v) is 14.5. The van der Waals surface area contributed by atoms with Crippen LogP contribution in [-0.2, 0) is 32.0 Å². The lowest BCUT2D eigenvalue weighted by molar-refractivity contribution is -0.168. The van der Waals surface area contributed by atoms with E-state index >= 15 is 0 Å². The molecule has 1 spiro atoms. The lowest BCUT2D eigenvalue weighted by Gasteiger charge is -2.56. The number of hydrogen-bond acceptors (Lipinski definition) is 5. The van der Waals surface area contributed by atoms with E-state index in [1.165, 1.54) is 0 Å². The van der Waals surface area contributed by atoms with E-state index in [0.717, 1.165) is 24.0 Å². The van der Waals surface area contributed by atoms with E-state index in [1.54, 1.807) is 4.90 Å². The van der Waals surface area contributed by atoms with Gasteiger partial charge in [0.25, 0.3) is 5.91 Å². The zero-order valence-electron chi connectivity index (χ0n) is 26.1. The van der Waals surface area contributed by atoms with Crippen molar-refractivity contribution in [1.29, 1.82) is 0 Å². The molecular formula is C32H47N5O5. The average molecular weight is 582 g/mol. The molecule has 3 atom stereocenters. The predicted octanol–water partition coefficient (Wildman–Crippen LogP) is 2.63. The molecule has 1 aromatic carbocycles. The number of benzene rings is 1. The molecule has 2 unspecified atom stereocenters. The van der Waals surface area contributed by atoms with Gasteiger partial charge in [0.1, 0.15) is 12.1 Å². The first kappa shape index (κ1) is 31.5. The molecule has 4 N–H and O–H groups in total. The van der Waals surface area contributed by atoms with E-state index in [4.69, 9.17) is 0 Å². The van der Waals surface area contributed by atoms with Crippen molar-refractivity contribution in [2.45, 2.75) is 117 Å². The van der Waals surface area contributed by atoms with Crippen LogP contribution in [0.5, 0.6) is 0 Å². The molecule has 1 saturated carbocycles. The summed E-state index contributed by atoms with van der Waals surface area (Å²) in [5, 5.41) is 11.3. The first-order valence-corrected chi connectivity index (χ1v) is 15.2. The highest BCUT2D eigenvalue weighted by atomic mass is 16.2. The molecule has 1 heterocycles. The monoisotopic (exact) mass is 581 g/mol. The molecule has 42 heavy (non-hydrogen) atoms. The van der Waals surface area contributed by atoms with Gasteiger partial charge >= 0.3 is 6.03 Å². The maximum absolute atomic E-state index is 14.2. The van der Waals surface area contributed by atoms with Crippen molar-refractivity contribution in [2.24, 2.45) is 10.8 Å². The zero-order valence-corrected chi connectivity index (χ0v) is 26.1. The Morgan fingerprint density at radius 1 is 0.952 bits per heavy atom. The van der Waals surface area contributed by atoms with Crippen LogP contribution in [0.2, 0.25) is 0 Å². The number of urea groups is 1. The number of nitrogens with zero attached hydrogens (tertiary/aromatic N) is 1. The Morgan fingerprint density at radius 2 is 1.55 bits per heavy atom. The van der Waals surface area contributed by atoms with Gasteiger partial charge in [0.05, 0.1) is 6.04 Å². The Kier molecular flexibility index (Phi) is 8.77. The summed E-state index contributed by atoms with van der Waals surface area (Å²) in [6.45, 7) is 13.4. The molecule has 3 aliphatic rings. The highest BCUT2D eigenvalue weighted by Gasteiger charge is 2.61. The molecule has 4 rings (SSSR count). The lowest BCUT2D eigenvalue weighted by Crippen LogP contribution is -2.75. The summed E-state index contributed by atoms with van der Waals surface area (Å²) >= 11 is 0. The van der Waals surface area contributed by atoms with Crippen LogP contribution < -0.4 is 21.3 Å². The smallest absolute Gasteiger partial charge is 0.315 e. The molecule has 2 aliphatic carbocycles. The van der Waals surface area contributed by atoms with Crippen LogP contribution in [-0.4, -0.2) is 70.7 Å². The molecule has 0 aromatic heterocycles. The number of Topliss-reactive ketones (excluding diaryl/α,β-unsaturated/α-hetero) is 1. The van der Waals surface area contributed by atoms with E-state index in [9.17, 15) is 24.0 Å². The molecule has 1 aliphatic heterocycles. The van der Waals surface area contributed by atoms with Crippen molar-refractivity contribution in [3.8, 4) is 0 Å². The number of likely N-dealkylation sites (tertiary alicyclic amines) is 1. The number of rotatable bonds is 9. The predicted molar refractivity (Wildman–Crippen MR) is 159 cm³/mol. The molecule has 0 radical (unpaired) electrons. The highest BCUT2D eigenvalue weighted by Crippen LogP contribution is 2.49. The van der Waals surface area contributed by atoms with E-state index in [0.29, 0.717) is 32.2 Å². The molecule has 10 nitrogen and oxygen atoms in total. The topological polar surface area (TPSA) is 137 Å². The molecule has 1 saturated heterocycles. The summed E-state index contributed by atoms with van der Waals surface area (Å²) in [5.74, 6) is -2.13. The van der Waals surface area contributed by atoms with Gasteiger partial charge in [0.15, 0.2) is 0 Å². The summed E-state index contributed by atoms with van der Waals surface area (Å²) in [5.41, 5.74) is 0.609. The van der Waals surface area contributed by atoms with Gasteiger partial charge in [0, 0.05) is 23.5 Å². The number of amides is 5. The van der Waals surface area contributed by atoms with Crippen LogP contribution >= 0.6 is 0 Å². The summed E-state index contributed by atoms with van der Waals surface area (Å²) in [4.78, 5) is 68.3. The summed E-state index contributed by atoms with van der Waals surface area (Å²) < 4.78 is 0. The molecule has 2 fully saturated rings. The van der Waals surface area contributed by atoms with Crippen LogP contribution in [0.25, 0.3) is 0 Å². The fraction of sp³-hybridized carbons (Fsp3) is 0.656. The number of carbonyl (C=O) groups is 5. The standard InChI is InChI=1S/C32H47N5O5/c1-8-11-22(23(38)26(39)33-21-14-15-21)34-27(40)25-32(16-19-12-9-10-13-20(19)17-32)18-37(25)28(41)24(30(2,3)4)35-29(42)36-31(5,6)7/h9-10,12-13,21-22,24-25H,8,11,14-18H2,1-7H3,(H,33,39)(H,34,40)(H2,35,36,42)/t22?,24-,25?/m1/s1. The zero-order chi connectivity index (χ0) is 31.0. The van der Waals surface area contributed by atoms with Gasteiger partial charge in [-0.05, 0) is 69.4 Å². The third-order valence-electron chi connectivity index (χ3n) is 8.34. The van der Waals surface area contributed by atoms with E-state index < -0.39 is 58.1 Å². The van der Waals surface area contributed by atoms with E-state index in [-0.39, 0.29) is 11.9 Å². The van der Waals surface area contributed by atoms with Gasteiger partial charge in [-0.15, -0.1) is 0 Å². The maximum Gasteiger partial charge on any atom is 0.315 e. The van der Waals surface area contributed by atoms with Crippen LogP contribution in [0.15, 0.2) is 24.3 Å². The van der Waals surface area contributed by atoms with Crippen molar-refractivity contribution in [1.82, 2.24) is 26.2 Å². The fourth-order valence-corrected chi connectivity index (χ4v) is 6.16. The van der Waals surface area contributed by atoms with Crippen molar-refractivity contribution in [2.75, 3.05) is 6.54 Å². The van der Waals surface area contributed by atoms with Crippen LogP contribution in [0.4, 0.5) is 4.79 Å². The third kappa shape index (κ3) is 6.95. The van der Waals surface area contributed by atoms with Crippen molar-refractivity contribution >= 4 is 29.5 Å². The van der Waals surface area contributed by atoms with Crippen LogP contribution in [0.1, 0.15) is 85.3 Å². The van der Waals surface area contributed by atoms with Crippen LogP contribution in [0.3, 0.4) is 0 Å². The van der Waals surface area contributed by atoms with Gasteiger partial charge in [-0.2, -0.15) is 0 Å². The number of fused-ring (bicyclic) bond motifs is 1. The van der Waals surface area contributed by atoms with Crippen molar-refractivity contribution in [3.05, 3.63) is 35.4 Å². The largest absolute Gasteiger partial charge is 0.347 e. The third-order valence-corrected chi connectivity index (χ3v) is 8.34. The summed E-state index contributed by atoms with van der Waals surface area (Å²) in [7, 11) is 0. The summed E-state index contributed by atoms with van der Waals surface area (Å²) in [6, 6.07) is 4.87. The van der Waals surface area contributed by atoms with E-state index in [1.807, 2.05) is 72.7 Å². The molecule has 0 bridgehead atoms. The first-order valence-electron chi connectivity index (χ1n) is 15.2. The van der Waals surface area contributed by atoms with Crippen molar-refractivity contribution in [3.63, 3.8) is 0 Å². The molecule has 10 heteroatoms. The Bertz CT molecular complexity index is 1220. The average Bonchev–Trinajstić information content (AvgIpc) is 3.58. The molecular weight excluding hydrogens is 534 g/mol. The van der Waals surface area contributed by atoms with Crippen molar-refractivity contribution < 1.29 is 24.0 Å². The first-order chi connectivity index (χ1) is 19.5. The number of nitrogens with one attached hydrogen (secondary N) is 4. The van der Waals surface area contributed by atoms with Crippen LogP contribution in [0, 0.1) is 10.8 Å². The second kappa shape index (κ2) is 11.7. The minimum atomic E-state index is -0.978. The molecule has 230 valence electrons. The SMILES string of the molecule is CCCC(NC(=O)C1N(C(=O)[C@@H](NC(=O)NC(C)(C)C)C(C)(C)C)CC12Cc1ccccc1C2)C(=O)C(=O)NC1CC1. The molecule has 1 aromatic rings. The minimum Gasteiger partial charge on any atom is -0.347 e. The normalized spacial score (nSPS) is 20.5. The quantitative estimate of drug-likeness (QED) is 0.333. The minimum absolute atomic E-state index is 0.0248. The molecule has 5 amide bonds. The highest BCUT2D eigenvalue weighted by molar-refractivity contribution is 6.38. The Morgan fingerprint density at radius 3 is 2.05 bits per heavy atom. The maximum atomic E-state index is 14.2. The van der Waals surface area contributed by atoms with Gasteiger partial charge in [0.2, 0.25) is 17.6 Å². The van der Waals surface area contributed by atoms with Gasteiger partial charge in [-0.25, -0.2) is 4.79 Å². The Balaban J connectivity index is 1.60.